The van der Waals surface area contributed by atoms with Crippen LogP contribution in [0.5, 0.6) is 11.5 Å². The van der Waals surface area contributed by atoms with E-state index in [1.807, 2.05) is 0 Å². The van der Waals surface area contributed by atoms with Crippen LogP contribution >= 0.6 is 0 Å². The number of likely N-dealkylation sites (tertiary alicyclic amines) is 1. The summed E-state index contributed by atoms with van der Waals surface area (Å²) < 4.78 is 42.6. The molecule has 1 aliphatic rings. The van der Waals surface area contributed by atoms with Crippen LogP contribution in [0.25, 0.3) is 0 Å². The third kappa shape index (κ3) is 3.40. The summed E-state index contributed by atoms with van der Waals surface area (Å²) in [5.41, 5.74) is 0.235. The first-order chi connectivity index (χ1) is 9.82. The lowest BCUT2D eigenvalue weighted by Gasteiger charge is -2.33. The Kier molecular flexibility index (Phi) is 4.29. The van der Waals surface area contributed by atoms with Gasteiger partial charge in [0.1, 0.15) is 0 Å². The number of halogens is 3. The Labute approximate surface area is 120 Å². The molecule has 1 aliphatic heterocycles. The molecule has 1 fully saturated rings. The van der Waals surface area contributed by atoms with Gasteiger partial charge in [-0.15, -0.1) is 0 Å². The normalized spacial score (nSPS) is 16.9. The van der Waals surface area contributed by atoms with Crippen molar-refractivity contribution in [1.82, 2.24) is 4.90 Å². The lowest BCUT2D eigenvalue weighted by atomic mass is 9.96. The number of piperidine rings is 1. The van der Waals surface area contributed by atoms with E-state index in [-0.39, 0.29) is 48.9 Å². The molecule has 0 bridgehead atoms. The highest BCUT2D eigenvalue weighted by atomic mass is 19.4. The van der Waals surface area contributed by atoms with E-state index in [2.05, 4.69) is 0 Å². The molecule has 0 aromatic heterocycles. The van der Waals surface area contributed by atoms with E-state index in [4.69, 9.17) is 4.74 Å². The number of amides is 1. The number of hydrogen-bond donors (Lipinski definition) is 1. The van der Waals surface area contributed by atoms with Crippen LogP contribution in [0.3, 0.4) is 0 Å². The van der Waals surface area contributed by atoms with E-state index < -0.39 is 12.1 Å². The first-order valence-electron chi connectivity index (χ1n) is 6.56. The number of ether oxygens (including phenoxy) is 1. The minimum Gasteiger partial charge on any atom is -0.504 e. The molecule has 1 N–H and O–H groups in total. The maximum Gasteiger partial charge on any atom is 0.391 e. The molecule has 116 valence electrons. The average molecular weight is 303 g/mol. The van der Waals surface area contributed by atoms with Crippen molar-refractivity contribution in [1.29, 1.82) is 0 Å². The molecule has 1 aromatic rings. The first kappa shape index (κ1) is 15.5. The molecule has 4 nitrogen and oxygen atoms in total. The Morgan fingerprint density at radius 1 is 1.33 bits per heavy atom. The third-order valence-corrected chi connectivity index (χ3v) is 3.67. The SMILES string of the molecule is COc1ccc(C(=O)N2CCC(C(F)(F)F)CC2)cc1O. The highest BCUT2D eigenvalue weighted by molar-refractivity contribution is 5.95. The Hall–Kier alpha value is -1.92. The molecule has 1 heterocycles. The number of hydrogen-bond acceptors (Lipinski definition) is 3. The highest BCUT2D eigenvalue weighted by Gasteiger charge is 2.41. The average Bonchev–Trinajstić information content (AvgIpc) is 2.45. The minimum atomic E-state index is -4.20. The largest absolute Gasteiger partial charge is 0.504 e. The van der Waals surface area contributed by atoms with Crippen molar-refractivity contribution in [2.75, 3.05) is 20.2 Å². The van der Waals surface area contributed by atoms with Gasteiger partial charge in [0.2, 0.25) is 0 Å². The summed E-state index contributed by atoms with van der Waals surface area (Å²) in [5.74, 6) is -1.66. The number of carbonyl (C=O) groups is 1. The van der Waals surface area contributed by atoms with Crippen LogP contribution in [0.4, 0.5) is 13.2 Å². The predicted octanol–water partition coefficient (Wildman–Crippen LogP) is 2.82. The molecule has 0 radical (unpaired) electrons. The molecule has 7 heteroatoms. The molecular weight excluding hydrogens is 287 g/mol. The van der Waals surface area contributed by atoms with E-state index in [0.717, 1.165) is 0 Å². The van der Waals surface area contributed by atoms with Gasteiger partial charge in [0.15, 0.2) is 11.5 Å². The number of benzene rings is 1. The fraction of sp³-hybridized carbons (Fsp3) is 0.500. The topological polar surface area (TPSA) is 49.8 Å². The van der Waals surface area contributed by atoms with Gasteiger partial charge >= 0.3 is 6.18 Å². The van der Waals surface area contributed by atoms with Crippen molar-refractivity contribution >= 4 is 5.91 Å². The van der Waals surface area contributed by atoms with Gasteiger partial charge in [0.05, 0.1) is 13.0 Å². The predicted molar refractivity (Wildman–Crippen MR) is 69.3 cm³/mol. The third-order valence-electron chi connectivity index (χ3n) is 3.67. The fourth-order valence-electron chi connectivity index (χ4n) is 2.42. The molecule has 0 unspecified atom stereocenters. The van der Waals surface area contributed by atoms with Gasteiger partial charge in [0, 0.05) is 18.7 Å². The molecule has 1 aromatic carbocycles. The zero-order valence-corrected chi connectivity index (χ0v) is 11.5. The Morgan fingerprint density at radius 3 is 2.43 bits per heavy atom. The maximum atomic E-state index is 12.6. The van der Waals surface area contributed by atoms with E-state index in [1.165, 1.54) is 30.2 Å². The Morgan fingerprint density at radius 2 is 1.95 bits per heavy atom. The fourth-order valence-corrected chi connectivity index (χ4v) is 2.42. The zero-order chi connectivity index (χ0) is 15.6. The lowest BCUT2D eigenvalue weighted by Crippen LogP contribution is -2.42. The van der Waals surface area contributed by atoms with Gasteiger partial charge < -0.3 is 14.7 Å². The molecule has 0 saturated carbocycles. The lowest BCUT2D eigenvalue weighted by molar-refractivity contribution is -0.183. The molecule has 0 atom stereocenters. The highest BCUT2D eigenvalue weighted by Crippen LogP contribution is 2.34. The second kappa shape index (κ2) is 5.83. The molecule has 1 saturated heterocycles. The summed E-state index contributed by atoms with van der Waals surface area (Å²) in [6, 6.07) is 4.19. The van der Waals surface area contributed by atoms with E-state index in [0.29, 0.717) is 0 Å². The monoisotopic (exact) mass is 303 g/mol. The van der Waals surface area contributed by atoms with Crippen LogP contribution in [0.15, 0.2) is 18.2 Å². The maximum absolute atomic E-state index is 12.6. The Balaban J connectivity index is 2.04. The van der Waals surface area contributed by atoms with Crippen molar-refractivity contribution in [3.63, 3.8) is 0 Å². The van der Waals surface area contributed by atoms with Crippen LogP contribution in [0.2, 0.25) is 0 Å². The van der Waals surface area contributed by atoms with Crippen molar-refractivity contribution in [3.8, 4) is 11.5 Å². The van der Waals surface area contributed by atoms with E-state index >= 15 is 0 Å². The molecule has 0 spiro atoms. The number of nitrogens with zero attached hydrogens (tertiary/aromatic N) is 1. The van der Waals surface area contributed by atoms with Crippen molar-refractivity contribution in [3.05, 3.63) is 23.8 Å². The summed E-state index contributed by atoms with van der Waals surface area (Å²) >= 11 is 0. The van der Waals surface area contributed by atoms with Gasteiger partial charge in [-0.2, -0.15) is 13.2 Å². The van der Waals surface area contributed by atoms with Crippen LogP contribution in [-0.2, 0) is 0 Å². The quantitative estimate of drug-likeness (QED) is 0.914. The van der Waals surface area contributed by atoms with Gasteiger partial charge in [-0.1, -0.05) is 0 Å². The van der Waals surface area contributed by atoms with E-state index in [1.54, 1.807) is 0 Å². The summed E-state index contributed by atoms with van der Waals surface area (Å²) in [7, 11) is 1.39. The van der Waals surface area contributed by atoms with Crippen molar-refractivity contribution in [2.24, 2.45) is 5.92 Å². The summed E-state index contributed by atoms with van der Waals surface area (Å²) in [4.78, 5) is 13.6. The molecule has 1 amide bonds. The van der Waals surface area contributed by atoms with Crippen LogP contribution < -0.4 is 4.74 Å². The van der Waals surface area contributed by atoms with Crippen molar-refractivity contribution in [2.45, 2.75) is 19.0 Å². The first-order valence-corrected chi connectivity index (χ1v) is 6.56. The number of phenols is 1. The summed E-state index contributed by atoms with van der Waals surface area (Å²) in [5, 5.41) is 9.64. The van der Waals surface area contributed by atoms with E-state index in [9.17, 15) is 23.1 Å². The van der Waals surface area contributed by atoms with Crippen LogP contribution in [-0.4, -0.2) is 42.3 Å². The van der Waals surface area contributed by atoms with Gasteiger partial charge in [-0.05, 0) is 31.0 Å². The van der Waals surface area contributed by atoms with Crippen LogP contribution in [0.1, 0.15) is 23.2 Å². The number of aromatic hydroxyl groups is 1. The number of carbonyl (C=O) groups excluding carboxylic acids is 1. The zero-order valence-electron chi connectivity index (χ0n) is 11.5. The van der Waals surface area contributed by atoms with Gasteiger partial charge in [-0.25, -0.2) is 0 Å². The number of phenolic OH excluding ortho intramolecular Hbond substituents is 1. The second-order valence-electron chi connectivity index (χ2n) is 4.99. The number of alkyl halides is 3. The van der Waals surface area contributed by atoms with Crippen molar-refractivity contribution < 1.29 is 27.8 Å². The smallest absolute Gasteiger partial charge is 0.391 e. The van der Waals surface area contributed by atoms with Gasteiger partial charge in [0.25, 0.3) is 5.91 Å². The summed E-state index contributed by atoms with van der Waals surface area (Å²) in [6.07, 6.45) is -4.37. The Bertz CT molecular complexity index is 523. The number of rotatable bonds is 2. The minimum absolute atomic E-state index is 0.0653. The van der Waals surface area contributed by atoms with Crippen LogP contribution in [0, 0.1) is 5.92 Å². The molecule has 0 aliphatic carbocycles. The number of methoxy groups -OCH3 is 1. The summed E-state index contributed by atoms with van der Waals surface area (Å²) in [6.45, 7) is 0.131. The molecule has 2 rings (SSSR count). The second-order valence-corrected chi connectivity index (χ2v) is 4.99. The van der Waals surface area contributed by atoms with Gasteiger partial charge in [-0.3, -0.25) is 4.79 Å². The molecular formula is C14H16F3NO3. The molecule has 21 heavy (non-hydrogen) atoms. The standard InChI is InChI=1S/C14H16F3NO3/c1-21-12-3-2-9(8-11(12)19)13(20)18-6-4-10(5-7-18)14(15,16)17/h2-3,8,10,19H,4-7H2,1H3.